The van der Waals surface area contributed by atoms with E-state index < -0.39 is 0 Å². The largest absolute Gasteiger partial charge is 0.425 e. The Labute approximate surface area is 118 Å². The normalized spacial score (nSPS) is 11.0. The van der Waals surface area contributed by atoms with Gasteiger partial charge in [0.15, 0.2) is 5.58 Å². The first kappa shape index (κ1) is 14.0. The standard InChI is InChI=1S/C15H19NO2S/c1-2-3-4-5-6-11-14(19)16-12-9-7-8-10-13(12)18-15(16)17/h7-10H,2-6,11H2,1H3. The Hall–Kier alpha value is -1.42. The van der Waals surface area contributed by atoms with Gasteiger partial charge in [0, 0.05) is 0 Å². The molecule has 1 aromatic carbocycles. The molecule has 0 aliphatic rings. The molecule has 0 radical (unpaired) electrons. The van der Waals surface area contributed by atoms with Gasteiger partial charge in [-0.2, -0.15) is 0 Å². The van der Waals surface area contributed by atoms with Crippen LogP contribution in [0.4, 0.5) is 0 Å². The number of para-hydroxylation sites is 2. The summed E-state index contributed by atoms with van der Waals surface area (Å²) in [5.74, 6) is -0.375. The summed E-state index contributed by atoms with van der Waals surface area (Å²) in [6.07, 6.45) is 6.70. The van der Waals surface area contributed by atoms with Crippen LogP contribution >= 0.6 is 12.2 Å². The molecule has 3 nitrogen and oxygen atoms in total. The van der Waals surface area contributed by atoms with Crippen molar-refractivity contribution in [3.63, 3.8) is 0 Å². The van der Waals surface area contributed by atoms with E-state index in [2.05, 4.69) is 6.92 Å². The molecule has 1 heterocycles. The summed E-state index contributed by atoms with van der Waals surface area (Å²) in [5, 5.41) is 0. The molecule has 102 valence electrons. The first-order valence-corrected chi connectivity index (χ1v) is 7.28. The van der Waals surface area contributed by atoms with Gasteiger partial charge in [-0.25, -0.2) is 9.36 Å². The Bertz CT molecular complexity index is 612. The van der Waals surface area contributed by atoms with Gasteiger partial charge < -0.3 is 4.42 Å². The molecule has 0 N–H and O–H groups in total. The summed E-state index contributed by atoms with van der Waals surface area (Å²) in [6, 6.07) is 7.39. The fraction of sp³-hybridized carbons (Fsp3) is 0.467. The summed E-state index contributed by atoms with van der Waals surface area (Å²) >= 11 is 5.37. The zero-order valence-corrected chi connectivity index (χ0v) is 12.0. The first-order chi connectivity index (χ1) is 9.24. The van der Waals surface area contributed by atoms with Crippen molar-refractivity contribution in [2.24, 2.45) is 0 Å². The molecule has 2 rings (SSSR count). The fourth-order valence-electron chi connectivity index (χ4n) is 2.19. The summed E-state index contributed by atoms with van der Waals surface area (Å²) in [7, 11) is 0. The van der Waals surface area contributed by atoms with Gasteiger partial charge in [-0.05, 0) is 25.0 Å². The van der Waals surface area contributed by atoms with Crippen molar-refractivity contribution in [3.05, 3.63) is 34.8 Å². The number of oxazole rings is 1. The number of fused-ring (bicyclic) bond motifs is 1. The highest BCUT2D eigenvalue weighted by atomic mass is 32.1. The number of aromatic nitrogens is 1. The molecule has 0 unspecified atom stereocenters. The fourth-order valence-corrected chi connectivity index (χ4v) is 2.51. The summed E-state index contributed by atoms with van der Waals surface area (Å²) in [4.78, 5) is 12.5. The summed E-state index contributed by atoms with van der Waals surface area (Å²) in [5.41, 5.74) is 1.37. The minimum Gasteiger partial charge on any atom is -0.407 e. The molecule has 0 spiro atoms. The van der Waals surface area contributed by atoms with Crippen molar-refractivity contribution >= 4 is 28.3 Å². The van der Waals surface area contributed by atoms with Gasteiger partial charge in [0.2, 0.25) is 0 Å². The molecule has 0 fully saturated rings. The Balaban J connectivity index is 2.05. The Kier molecular flexibility index (Phi) is 4.91. The maximum atomic E-state index is 11.8. The monoisotopic (exact) mass is 277 g/mol. The van der Waals surface area contributed by atoms with Crippen LogP contribution in [0.1, 0.15) is 45.4 Å². The van der Waals surface area contributed by atoms with Gasteiger partial charge in [0.25, 0.3) is 0 Å². The van der Waals surface area contributed by atoms with Crippen molar-refractivity contribution in [1.29, 1.82) is 0 Å². The lowest BCUT2D eigenvalue weighted by Gasteiger charge is -2.04. The molecule has 4 heteroatoms. The summed E-state index contributed by atoms with van der Waals surface area (Å²) in [6.45, 7) is 2.20. The Morgan fingerprint density at radius 2 is 1.95 bits per heavy atom. The number of rotatable bonds is 6. The molecule has 1 aromatic heterocycles. The Morgan fingerprint density at radius 1 is 1.21 bits per heavy atom. The summed E-state index contributed by atoms with van der Waals surface area (Å²) < 4.78 is 6.70. The molecule has 0 aliphatic carbocycles. The van der Waals surface area contributed by atoms with Crippen LogP contribution in [-0.2, 0) is 0 Å². The second-order valence-corrected chi connectivity index (χ2v) is 5.20. The lowest BCUT2D eigenvalue weighted by Crippen LogP contribution is -2.21. The zero-order valence-electron chi connectivity index (χ0n) is 11.2. The van der Waals surface area contributed by atoms with Gasteiger partial charge in [-0.3, -0.25) is 0 Å². The lowest BCUT2D eigenvalue weighted by atomic mass is 10.1. The van der Waals surface area contributed by atoms with E-state index in [1.54, 1.807) is 6.07 Å². The van der Waals surface area contributed by atoms with Crippen LogP contribution in [0.25, 0.3) is 11.1 Å². The second-order valence-electron chi connectivity index (χ2n) is 4.73. The zero-order chi connectivity index (χ0) is 13.7. The average molecular weight is 277 g/mol. The molecule has 0 saturated heterocycles. The van der Waals surface area contributed by atoms with Crippen molar-refractivity contribution in [3.8, 4) is 0 Å². The van der Waals surface area contributed by atoms with E-state index in [1.165, 1.54) is 30.3 Å². The van der Waals surface area contributed by atoms with E-state index in [1.807, 2.05) is 18.2 Å². The average Bonchev–Trinajstić information content (AvgIpc) is 2.74. The number of thiocarbonyl (C=S) groups is 1. The number of benzene rings is 1. The van der Waals surface area contributed by atoms with Gasteiger partial charge in [0.1, 0.15) is 0 Å². The van der Waals surface area contributed by atoms with E-state index in [0.29, 0.717) is 10.6 Å². The van der Waals surface area contributed by atoms with E-state index in [-0.39, 0.29) is 5.76 Å². The Morgan fingerprint density at radius 3 is 2.74 bits per heavy atom. The van der Waals surface area contributed by atoms with Gasteiger partial charge in [-0.1, -0.05) is 57.0 Å². The third kappa shape index (κ3) is 3.32. The maximum absolute atomic E-state index is 11.8. The van der Waals surface area contributed by atoms with Crippen LogP contribution in [0, 0.1) is 0 Å². The van der Waals surface area contributed by atoms with E-state index >= 15 is 0 Å². The molecule has 0 aliphatic heterocycles. The molecule has 0 amide bonds. The quantitative estimate of drug-likeness (QED) is 0.588. The van der Waals surface area contributed by atoms with E-state index in [9.17, 15) is 4.79 Å². The molecule has 0 atom stereocenters. The molecule has 19 heavy (non-hydrogen) atoms. The third-order valence-electron chi connectivity index (χ3n) is 3.23. The van der Waals surface area contributed by atoms with Crippen molar-refractivity contribution in [2.75, 3.05) is 0 Å². The number of nitrogens with zero attached hydrogens (tertiary/aromatic N) is 1. The smallest absolute Gasteiger partial charge is 0.407 e. The van der Waals surface area contributed by atoms with Crippen molar-refractivity contribution in [2.45, 2.75) is 45.4 Å². The number of hydrogen-bond acceptors (Lipinski definition) is 3. The minimum absolute atomic E-state index is 0.375. The van der Waals surface area contributed by atoms with Crippen LogP contribution < -0.4 is 5.76 Å². The predicted octanol–water partition coefficient (Wildman–Crippen LogP) is 4.13. The van der Waals surface area contributed by atoms with Crippen molar-refractivity contribution in [1.82, 2.24) is 4.57 Å². The van der Waals surface area contributed by atoms with Crippen LogP contribution in [0.2, 0.25) is 0 Å². The lowest BCUT2D eigenvalue weighted by molar-refractivity contribution is 0.544. The third-order valence-corrected chi connectivity index (χ3v) is 3.62. The highest BCUT2D eigenvalue weighted by Gasteiger charge is 2.11. The molecule has 0 bridgehead atoms. The van der Waals surface area contributed by atoms with Crippen LogP contribution in [0.3, 0.4) is 0 Å². The molecular formula is C15H19NO2S. The number of unbranched alkanes of at least 4 members (excludes halogenated alkanes) is 4. The van der Waals surface area contributed by atoms with E-state index in [0.717, 1.165) is 18.4 Å². The van der Waals surface area contributed by atoms with E-state index in [4.69, 9.17) is 16.6 Å². The maximum Gasteiger partial charge on any atom is 0.425 e. The van der Waals surface area contributed by atoms with Crippen LogP contribution in [0.5, 0.6) is 0 Å². The molecule has 0 saturated carbocycles. The van der Waals surface area contributed by atoms with Crippen LogP contribution in [0.15, 0.2) is 33.5 Å². The second kappa shape index (κ2) is 6.66. The number of hydrogen-bond donors (Lipinski definition) is 0. The predicted molar refractivity (Wildman–Crippen MR) is 81.8 cm³/mol. The molecule has 2 aromatic rings. The first-order valence-electron chi connectivity index (χ1n) is 6.88. The highest BCUT2D eigenvalue weighted by molar-refractivity contribution is 7.80. The minimum atomic E-state index is -0.375. The van der Waals surface area contributed by atoms with Crippen LogP contribution in [-0.4, -0.2) is 9.56 Å². The van der Waals surface area contributed by atoms with Gasteiger partial charge >= 0.3 is 5.76 Å². The van der Waals surface area contributed by atoms with Crippen molar-refractivity contribution < 1.29 is 4.42 Å². The SMILES string of the molecule is CCCCCCCC(=S)n1c(=O)oc2ccccc21. The topological polar surface area (TPSA) is 35.1 Å². The highest BCUT2D eigenvalue weighted by Crippen LogP contribution is 2.14. The molecular weight excluding hydrogens is 258 g/mol. The van der Waals surface area contributed by atoms with Gasteiger partial charge in [-0.15, -0.1) is 0 Å². The van der Waals surface area contributed by atoms with Gasteiger partial charge in [0.05, 0.1) is 10.5 Å².